The second-order valence-electron chi connectivity index (χ2n) is 5.15. The molecule has 0 aliphatic heterocycles. The molecular formula is C16H14FN3O3S. The van der Waals surface area contributed by atoms with Crippen molar-refractivity contribution in [2.24, 2.45) is 0 Å². The third-order valence-electron chi connectivity index (χ3n) is 3.45. The second kappa shape index (κ2) is 6.04. The maximum absolute atomic E-state index is 13.5. The molecule has 3 aromatic rings. The van der Waals surface area contributed by atoms with Gasteiger partial charge in [-0.1, -0.05) is 0 Å². The van der Waals surface area contributed by atoms with Gasteiger partial charge in [-0.25, -0.2) is 22.8 Å². The fourth-order valence-corrected chi connectivity index (χ4v) is 2.89. The van der Waals surface area contributed by atoms with Crippen LogP contribution in [0.15, 0.2) is 47.6 Å². The molecule has 6 nitrogen and oxygen atoms in total. The zero-order valence-corrected chi connectivity index (χ0v) is 13.8. The second-order valence-corrected chi connectivity index (χ2v) is 7.16. The molecular weight excluding hydrogens is 333 g/mol. The van der Waals surface area contributed by atoms with E-state index in [1.54, 1.807) is 6.07 Å². The highest BCUT2D eigenvalue weighted by Gasteiger charge is 2.12. The van der Waals surface area contributed by atoms with Crippen molar-refractivity contribution in [2.45, 2.75) is 4.90 Å². The zero-order valence-electron chi connectivity index (χ0n) is 12.9. The van der Waals surface area contributed by atoms with Gasteiger partial charge in [0.1, 0.15) is 12.1 Å². The number of methoxy groups -OCH3 is 1. The molecule has 0 aliphatic rings. The summed E-state index contributed by atoms with van der Waals surface area (Å²) in [6.45, 7) is 0. The minimum atomic E-state index is -3.35. The lowest BCUT2D eigenvalue weighted by atomic mass is 10.2. The van der Waals surface area contributed by atoms with E-state index in [9.17, 15) is 12.8 Å². The van der Waals surface area contributed by atoms with Crippen LogP contribution in [0.5, 0.6) is 5.75 Å². The lowest BCUT2D eigenvalue weighted by molar-refractivity contribution is 0.387. The molecule has 1 N–H and O–H groups in total. The Kier molecular flexibility index (Phi) is 4.06. The number of hydrogen-bond acceptors (Lipinski definition) is 6. The molecule has 8 heteroatoms. The van der Waals surface area contributed by atoms with Gasteiger partial charge in [-0.15, -0.1) is 0 Å². The van der Waals surface area contributed by atoms with Crippen molar-refractivity contribution in [1.82, 2.24) is 9.97 Å². The van der Waals surface area contributed by atoms with Crippen molar-refractivity contribution in [2.75, 3.05) is 18.7 Å². The molecule has 0 atom stereocenters. The van der Waals surface area contributed by atoms with Crippen molar-refractivity contribution in [1.29, 1.82) is 0 Å². The molecule has 0 bridgehead atoms. The van der Waals surface area contributed by atoms with Crippen molar-refractivity contribution >= 4 is 32.2 Å². The van der Waals surface area contributed by atoms with Gasteiger partial charge in [0.2, 0.25) is 0 Å². The number of fused-ring (bicyclic) bond motifs is 1. The number of nitrogens with one attached hydrogen (secondary N) is 1. The summed E-state index contributed by atoms with van der Waals surface area (Å²) in [5.74, 6) is 0.0318. The summed E-state index contributed by atoms with van der Waals surface area (Å²) in [6.07, 6.45) is 2.50. The first kappa shape index (κ1) is 16.1. The Morgan fingerprint density at radius 2 is 1.92 bits per heavy atom. The smallest absolute Gasteiger partial charge is 0.175 e. The number of aromatic nitrogens is 2. The van der Waals surface area contributed by atoms with Gasteiger partial charge in [0.15, 0.2) is 21.4 Å². The topological polar surface area (TPSA) is 81.2 Å². The van der Waals surface area contributed by atoms with Crippen LogP contribution in [-0.2, 0) is 9.84 Å². The minimum absolute atomic E-state index is 0.0928. The summed E-state index contributed by atoms with van der Waals surface area (Å²) < 4.78 is 41.9. The first-order valence-electron chi connectivity index (χ1n) is 6.94. The number of halogens is 1. The van der Waals surface area contributed by atoms with Gasteiger partial charge in [-0.05, 0) is 30.3 Å². The van der Waals surface area contributed by atoms with Gasteiger partial charge in [0.25, 0.3) is 0 Å². The molecule has 0 spiro atoms. The van der Waals surface area contributed by atoms with Gasteiger partial charge in [0.05, 0.1) is 17.5 Å². The van der Waals surface area contributed by atoms with Crippen LogP contribution in [0.3, 0.4) is 0 Å². The Labute approximate surface area is 138 Å². The van der Waals surface area contributed by atoms with E-state index < -0.39 is 15.7 Å². The molecule has 0 aliphatic carbocycles. The number of sulfone groups is 1. The third-order valence-corrected chi connectivity index (χ3v) is 4.56. The zero-order chi connectivity index (χ0) is 17.3. The van der Waals surface area contributed by atoms with Gasteiger partial charge in [-0.3, -0.25) is 0 Å². The molecule has 0 saturated heterocycles. The predicted molar refractivity (Wildman–Crippen MR) is 88.9 cm³/mol. The number of ether oxygens (including phenoxy) is 1. The van der Waals surface area contributed by atoms with E-state index in [1.807, 2.05) is 0 Å². The SMILES string of the molecule is COc1cc(Nc2ncnc3ccc(S(C)(=O)=O)cc23)ccc1F. The van der Waals surface area contributed by atoms with E-state index in [0.29, 0.717) is 22.4 Å². The van der Waals surface area contributed by atoms with Crippen molar-refractivity contribution in [3.8, 4) is 5.75 Å². The third kappa shape index (κ3) is 3.13. The van der Waals surface area contributed by atoms with Gasteiger partial charge < -0.3 is 10.1 Å². The normalized spacial score (nSPS) is 11.5. The van der Waals surface area contributed by atoms with Gasteiger partial charge >= 0.3 is 0 Å². The number of anilines is 2. The summed E-state index contributed by atoms with van der Waals surface area (Å²) >= 11 is 0. The Bertz CT molecular complexity index is 1020. The molecule has 0 saturated carbocycles. The Morgan fingerprint density at radius 1 is 1.12 bits per heavy atom. The van der Waals surface area contributed by atoms with Crippen LogP contribution in [0.2, 0.25) is 0 Å². The van der Waals surface area contributed by atoms with E-state index in [-0.39, 0.29) is 10.6 Å². The summed E-state index contributed by atoms with van der Waals surface area (Å²) in [5.41, 5.74) is 1.15. The summed E-state index contributed by atoms with van der Waals surface area (Å²) in [7, 11) is -1.98. The van der Waals surface area contributed by atoms with Gasteiger partial charge in [0, 0.05) is 23.4 Å². The number of nitrogens with zero attached hydrogens (tertiary/aromatic N) is 2. The van der Waals surface area contributed by atoms with Crippen molar-refractivity contribution < 1.29 is 17.5 Å². The molecule has 3 rings (SSSR count). The maximum Gasteiger partial charge on any atom is 0.175 e. The van der Waals surface area contributed by atoms with Crippen LogP contribution in [0.25, 0.3) is 10.9 Å². The molecule has 24 heavy (non-hydrogen) atoms. The number of hydrogen-bond donors (Lipinski definition) is 1. The Hall–Kier alpha value is -2.74. The molecule has 0 fully saturated rings. The van der Waals surface area contributed by atoms with Crippen LogP contribution >= 0.6 is 0 Å². The predicted octanol–water partition coefficient (Wildman–Crippen LogP) is 2.92. The highest BCUT2D eigenvalue weighted by Crippen LogP contribution is 2.28. The van der Waals surface area contributed by atoms with E-state index in [1.165, 1.54) is 43.8 Å². The highest BCUT2D eigenvalue weighted by molar-refractivity contribution is 7.90. The lowest BCUT2D eigenvalue weighted by Gasteiger charge is -2.10. The first-order valence-corrected chi connectivity index (χ1v) is 8.83. The van der Waals surface area contributed by atoms with Crippen LogP contribution < -0.4 is 10.1 Å². The standard InChI is InChI=1S/C16H14FN3O3S/c1-23-15-7-10(3-5-13(15)17)20-16-12-8-11(24(2,21)22)4-6-14(12)18-9-19-16/h3-9H,1-2H3,(H,18,19,20). The molecule has 1 heterocycles. The first-order chi connectivity index (χ1) is 11.4. The van der Waals surface area contributed by atoms with E-state index in [2.05, 4.69) is 15.3 Å². The Balaban J connectivity index is 2.09. The van der Waals surface area contributed by atoms with Crippen LogP contribution in [0, 0.1) is 5.82 Å². The summed E-state index contributed by atoms with van der Waals surface area (Å²) in [6, 6.07) is 8.91. The summed E-state index contributed by atoms with van der Waals surface area (Å²) in [5, 5.41) is 3.58. The van der Waals surface area contributed by atoms with E-state index in [4.69, 9.17) is 4.74 Å². The van der Waals surface area contributed by atoms with Crippen LogP contribution in [0.1, 0.15) is 0 Å². The number of rotatable bonds is 4. The van der Waals surface area contributed by atoms with Gasteiger partial charge in [-0.2, -0.15) is 0 Å². The molecule has 0 radical (unpaired) electrons. The maximum atomic E-state index is 13.5. The molecule has 0 unspecified atom stereocenters. The average molecular weight is 347 g/mol. The average Bonchev–Trinajstić information content (AvgIpc) is 2.55. The van der Waals surface area contributed by atoms with Crippen LogP contribution in [0.4, 0.5) is 15.9 Å². The monoisotopic (exact) mass is 347 g/mol. The number of benzene rings is 2. The van der Waals surface area contributed by atoms with Crippen LogP contribution in [-0.4, -0.2) is 31.8 Å². The highest BCUT2D eigenvalue weighted by atomic mass is 32.2. The van der Waals surface area contributed by atoms with E-state index >= 15 is 0 Å². The fraction of sp³-hybridized carbons (Fsp3) is 0.125. The van der Waals surface area contributed by atoms with E-state index in [0.717, 1.165) is 6.26 Å². The molecule has 124 valence electrons. The Morgan fingerprint density at radius 3 is 2.62 bits per heavy atom. The molecule has 1 aromatic heterocycles. The molecule has 2 aromatic carbocycles. The summed E-state index contributed by atoms with van der Waals surface area (Å²) in [4.78, 5) is 8.45. The minimum Gasteiger partial charge on any atom is -0.494 e. The quantitative estimate of drug-likeness (QED) is 0.781. The van der Waals surface area contributed by atoms with Crippen molar-refractivity contribution in [3.63, 3.8) is 0 Å². The van der Waals surface area contributed by atoms with Crippen molar-refractivity contribution in [3.05, 3.63) is 48.5 Å². The molecule has 0 amide bonds. The lowest BCUT2D eigenvalue weighted by Crippen LogP contribution is -2.00. The largest absolute Gasteiger partial charge is 0.494 e. The fourth-order valence-electron chi connectivity index (χ4n) is 2.24.